The van der Waals surface area contributed by atoms with Gasteiger partial charge in [-0.05, 0) is 49.4 Å². The molecule has 0 saturated carbocycles. The summed E-state index contributed by atoms with van der Waals surface area (Å²) in [5.74, 6) is -0.0898. The Hall–Kier alpha value is -2.60. The number of benzene rings is 1. The molecule has 3 heterocycles. The number of carbonyl (C=O) groups is 1. The molecular formula is C19H22N4O2. The maximum Gasteiger partial charge on any atom is 0.255 e. The number of ether oxygens (including phenoxy) is 1. The van der Waals surface area contributed by atoms with Gasteiger partial charge in [0, 0.05) is 30.1 Å². The van der Waals surface area contributed by atoms with Crippen molar-refractivity contribution in [2.24, 2.45) is 0 Å². The molecule has 1 aromatic carbocycles. The van der Waals surface area contributed by atoms with Gasteiger partial charge in [-0.3, -0.25) is 9.48 Å². The summed E-state index contributed by atoms with van der Waals surface area (Å²) >= 11 is 0. The molecule has 0 aliphatic carbocycles. The Morgan fingerprint density at radius 1 is 1.40 bits per heavy atom. The molecular weight excluding hydrogens is 316 g/mol. The molecule has 0 unspecified atom stereocenters. The van der Waals surface area contributed by atoms with Crippen LogP contribution in [0, 0.1) is 13.8 Å². The van der Waals surface area contributed by atoms with Crippen molar-refractivity contribution in [3.8, 4) is 0 Å². The lowest BCUT2D eigenvalue weighted by Crippen LogP contribution is -2.23. The molecule has 0 spiro atoms. The minimum Gasteiger partial charge on any atom is -0.379 e. The molecule has 4 rings (SSSR count). The van der Waals surface area contributed by atoms with Crippen molar-refractivity contribution >= 4 is 16.8 Å². The highest BCUT2D eigenvalue weighted by Crippen LogP contribution is 2.21. The summed E-state index contributed by atoms with van der Waals surface area (Å²) in [5, 5.41) is 8.55. The average Bonchev–Trinajstić information content (AvgIpc) is 3.30. The summed E-state index contributed by atoms with van der Waals surface area (Å²) in [6.45, 7) is 5.90. The van der Waals surface area contributed by atoms with Crippen LogP contribution in [0.1, 0.15) is 39.8 Å². The SMILES string of the molecule is Cc1cc2cc(CNC(=O)c3cnn([C@@H]4CCOC4)c3C)ccc2[nH]1. The van der Waals surface area contributed by atoms with Crippen LogP contribution in [-0.2, 0) is 11.3 Å². The van der Waals surface area contributed by atoms with E-state index in [1.807, 2.05) is 30.7 Å². The van der Waals surface area contributed by atoms with E-state index in [1.54, 1.807) is 6.20 Å². The van der Waals surface area contributed by atoms with Crippen LogP contribution in [-0.4, -0.2) is 33.9 Å². The molecule has 1 atom stereocenters. The molecule has 2 N–H and O–H groups in total. The monoisotopic (exact) mass is 338 g/mol. The minimum absolute atomic E-state index is 0.0898. The Kier molecular flexibility index (Phi) is 4.05. The first-order valence-electron chi connectivity index (χ1n) is 8.60. The van der Waals surface area contributed by atoms with Crippen molar-refractivity contribution in [1.29, 1.82) is 0 Å². The highest BCUT2D eigenvalue weighted by atomic mass is 16.5. The average molecular weight is 338 g/mol. The molecule has 2 aromatic heterocycles. The molecule has 25 heavy (non-hydrogen) atoms. The van der Waals surface area contributed by atoms with Crippen LogP contribution in [0.2, 0.25) is 0 Å². The lowest BCUT2D eigenvalue weighted by Gasteiger charge is -2.11. The second kappa shape index (κ2) is 6.37. The van der Waals surface area contributed by atoms with E-state index < -0.39 is 0 Å². The first kappa shape index (κ1) is 15.9. The number of rotatable bonds is 4. The summed E-state index contributed by atoms with van der Waals surface area (Å²) < 4.78 is 7.33. The van der Waals surface area contributed by atoms with Gasteiger partial charge in [-0.1, -0.05) is 6.07 Å². The molecule has 1 aliphatic heterocycles. The van der Waals surface area contributed by atoms with E-state index in [-0.39, 0.29) is 11.9 Å². The van der Waals surface area contributed by atoms with E-state index in [4.69, 9.17) is 4.74 Å². The Balaban J connectivity index is 1.46. The van der Waals surface area contributed by atoms with Gasteiger partial charge in [-0.2, -0.15) is 5.10 Å². The molecule has 6 heteroatoms. The number of carbonyl (C=O) groups excluding carboxylic acids is 1. The van der Waals surface area contributed by atoms with Gasteiger partial charge in [0.2, 0.25) is 0 Å². The first-order valence-corrected chi connectivity index (χ1v) is 8.60. The van der Waals surface area contributed by atoms with Gasteiger partial charge in [-0.15, -0.1) is 0 Å². The number of hydrogen-bond acceptors (Lipinski definition) is 3. The van der Waals surface area contributed by atoms with Crippen molar-refractivity contribution in [2.45, 2.75) is 32.9 Å². The van der Waals surface area contributed by atoms with Crippen LogP contribution in [0.3, 0.4) is 0 Å². The Bertz CT molecular complexity index is 919. The van der Waals surface area contributed by atoms with E-state index in [0.717, 1.165) is 40.9 Å². The molecule has 130 valence electrons. The van der Waals surface area contributed by atoms with E-state index in [0.29, 0.717) is 18.7 Å². The first-order chi connectivity index (χ1) is 12.1. The summed E-state index contributed by atoms with van der Waals surface area (Å²) in [6.07, 6.45) is 2.60. The highest BCUT2D eigenvalue weighted by Gasteiger charge is 2.23. The topological polar surface area (TPSA) is 71.9 Å². The fourth-order valence-electron chi connectivity index (χ4n) is 3.44. The molecule has 6 nitrogen and oxygen atoms in total. The number of aryl methyl sites for hydroxylation is 1. The normalized spacial score (nSPS) is 17.3. The standard InChI is InChI=1S/C19H22N4O2/c1-12-7-15-8-14(3-4-18(15)22-12)9-20-19(24)17-10-21-23(13(17)2)16-5-6-25-11-16/h3-4,7-8,10,16,22H,5-6,9,11H2,1-2H3,(H,20,24)/t16-/m1/s1. The second-order valence-electron chi connectivity index (χ2n) is 6.66. The maximum atomic E-state index is 12.5. The smallest absolute Gasteiger partial charge is 0.255 e. The molecule has 1 aliphatic rings. The zero-order valence-electron chi connectivity index (χ0n) is 14.5. The number of aromatic amines is 1. The Morgan fingerprint density at radius 2 is 2.28 bits per heavy atom. The number of amides is 1. The van der Waals surface area contributed by atoms with Crippen LogP contribution >= 0.6 is 0 Å². The van der Waals surface area contributed by atoms with E-state index in [2.05, 4.69) is 27.5 Å². The van der Waals surface area contributed by atoms with Crippen molar-refractivity contribution in [1.82, 2.24) is 20.1 Å². The van der Waals surface area contributed by atoms with Crippen molar-refractivity contribution in [3.05, 3.63) is 53.0 Å². The van der Waals surface area contributed by atoms with Crippen LogP contribution < -0.4 is 5.32 Å². The quantitative estimate of drug-likeness (QED) is 0.768. The second-order valence-corrected chi connectivity index (χ2v) is 6.66. The summed E-state index contributed by atoms with van der Waals surface area (Å²) in [4.78, 5) is 15.8. The molecule has 1 amide bonds. The number of H-pyrrole nitrogens is 1. The summed E-state index contributed by atoms with van der Waals surface area (Å²) in [7, 11) is 0. The third-order valence-corrected chi connectivity index (χ3v) is 4.81. The minimum atomic E-state index is -0.0898. The third-order valence-electron chi connectivity index (χ3n) is 4.81. The van der Waals surface area contributed by atoms with Gasteiger partial charge in [0.1, 0.15) is 0 Å². The van der Waals surface area contributed by atoms with Crippen LogP contribution in [0.25, 0.3) is 10.9 Å². The number of aromatic nitrogens is 3. The van der Waals surface area contributed by atoms with Crippen LogP contribution in [0.15, 0.2) is 30.5 Å². The van der Waals surface area contributed by atoms with Gasteiger partial charge in [0.15, 0.2) is 0 Å². The Labute approximate surface area is 146 Å². The molecule has 3 aromatic rings. The Morgan fingerprint density at radius 3 is 3.08 bits per heavy atom. The van der Waals surface area contributed by atoms with Gasteiger partial charge >= 0.3 is 0 Å². The van der Waals surface area contributed by atoms with Crippen molar-refractivity contribution in [3.63, 3.8) is 0 Å². The molecule has 0 radical (unpaired) electrons. The van der Waals surface area contributed by atoms with Crippen LogP contribution in [0.4, 0.5) is 0 Å². The number of hydrogen-bond donors (Lipinski definition) is 2. The fraction of sp³-hybridized carbons (Fsp3) is 0.368. The molecule has 0 bridgehead atoms. The van der Waals surface area contributed by atoms with E-state index in [9.17, 15) is 4.79 Å². The molecule has 1 saturated heterocycles. The maximum absolute atomic E-state index is 12.5. The number of nitrogens with zero attached hydrogens (tertiary/aromatic N) is 2. The van der Waals surface area contributed by atoms with Crippen molar-refractivity contribution < 1.29 is 9.53 Å². The largest absolute Gasteiger partial charge is 0.379 e. The number of nitrogens with one attached hydrogen (secondary N) is 2. The van der Waals surface area contributed by atoms with Gasteiger partial charge in [0.25, 0.3) is 5.91 Å². The predicted octanol–water partition coefficient (Wildman–Crippen LogP) is 2.87. The summed E-state index contributed by atoms with van der Waals surface area (Å²) in [5.41, 5.74) is 4.85. The van der Waals surface area contributed by atoms with Gasteiger partial charge < -0.3 is 15.0 Å². The predicted molar refractivity (Wildman–Crippen MR) is 95.6 cm³/mol. The van der Waals surface area contributed by atoms with Crippen LogP contribution in [0.5, 0.6) is 0 Å². The number of fused-ring (bicyclic) bond motifs is 1. The van der Waals surface area contributed by atoms with E-state index >= 15 is 0 Å². The summed E-state index contributed by atoms with van der Waals surface area (Å²) in [6, 6.07) is 8.53. The zero-order chi connectivity index (χ0) is 17.4. The zero-order valence-corrected chi connectivity index (χ0v) is 14.5. The molecule has 1 fully saturated rings. The fourth-order valence-corrected chi connectivity index (χ4v) is 3.44. The van der Waals surface area contributed by atoms with Gasteiger partial charge in [0.05, 0.1) is 24.4 Å². The van der Waals surface area contributed by atoms with E-state index in [1.165, 1.54) is 0 Å². The highest BCUT2D eigenvalue weighted by molar-refractivity contribution is 5.95. The lowest BCUT2D eigenvalue weighted by atomic mass is 10.1. The lowest BCUT2D eigenvalue weighted by molar-refractivity contribution is 0.0950. The third kappa shape index (κ3) is 3.05. The van der Waals surface area contributed by atoms with Crippen molar-refractivity contribution in [2.75, 3.05) is 13.2 Å². The van der Waals surface area contributed by atoms with Gasteiger partial charge in [-0.25, -0.2) is 0 Å².